The van der Waals surface area contributed by atoms with E-state index >= 15 is 0 Å². The van der Waals surface area contributed by atoms with Crippen molar-refractivity contribution in [3.8, 4) is 28.1 Å². The summed E-state index contributed by atoms with van der Waals surface area (Å²) in [6.45, 7) is 2.51. The molecule has 1 fully saturated rings. The van der Waals surface area contributed by atoms with E-state index in [1.54, 1.807) is 36.5 Å². The molecule has 0 aliphatic heterocycles. The molecule has 2 aromatic carbocycles. The molecule has 0 bridgehead atoms. The van der Waals surface area contributed by atoms with Crippen molar-refractivity contribution in [3.63, 3.8) is 0 Å². The topological polar surface area (TPSA) is 80.0 Å². The highest BCUT2D eigenvalue weighted by atomic mass is 19.1. The van der Waals surface area contributed by atoms with E-state index in [1.165, 1.54) is 18.2 Å². The number of aromatic nitrogens is 3. The minimum atomic E-state index is -0.298. The SMILES string of the molecule is CC(CNC(=O)c1ccccc1O)Cc1cc(-c2cn(C3CC3)nc2-c2ccc(F)cc2)ccn1. The quantitative estimate of drug-likeness (QED) is 0.361. The summed E-state index contributed by atoms with van der Waals surface area (Å²) in [7, 11) is 0. The minimum absolute atomic E-state index is 0.0317. The molecule has 1 aliphatic carbocycles. The van der Waals surface area contributed by atoms with E-state index in [0.717, 1.165) is 40.9 Å². The number of para-hydroxylation sites is 1. The van der Waals surface area contributed by atoms with Gasteiger partial charge >= 0.3 is 0 Å². The van der Waals surface area contributed by atoms with Crippen molar-refractivity contribution in [1.29, 1.82) is 0 Å². The highest BCUT2D eigenvalue weighted by molar-refractivity contribution is 5.96. The van der Waals surface area contributed by atoms with Crippen LogP contribution in [0.5, 0.6) is 5.75 Å². The molecular formula is C28H27FN4O2. The van der Waals surface area contributed by atoms with Crippen molar-refractivity contribution in [1.82, 2.24) is 20.1 Å². The maximum Gasteiger partial charge on any atom is 0.255 e. The summed E-state index contributed by atoms with van der Waals surface area (Å²) >= 11 is 0. The van der Waals surface area contributed by atoms with Gasteiger partial charge in [-0.2, -0.15) is 5.10 Å². The van der Waals surface area contributed by atoms with Gasteiger partial charge in [-0.25, -0.2) is 4.39 Å². The number of benzene rings is 2. The first-order chi connectivity index (χ1) is 17.0. The van der Waals surface area contributed by atoms with Crippen molar-refractivity contribution in [2.75, 3.05) is 6.54 Å². The van der Waals surface area contributed by atoms with Crippen LogP contribution in [0.25, 0.3) is 22.4 Å². The molecule has 6 nitrogen and oxygen atoms in total. The number of hydrogen-bond acceptors (Lipinski definition) is 4. The maximum absolute atomic E-state index is 13.5. The lowest BCUT2D eigenvalue weighted by molar-refractivity contribution is 0.0945. The number of pyridine rings is 1. The number of phenolic OH excluding ortho intramolecular Hbond substituents is 1. The van der Waals surface area contributed by atoms with E-state index < -0.39 is 0 Å². The number of carbonyl (C=O) groups is 1. The number of phenols is 1. The summed E-state index contributed by atoms with van der Waals surface area (Å²) in [4.78, 5) is 16.9. The lowest BCUT2D eigenvalue weighted by atomic mass is 9.99. The van der Waals surface area contributed by atoms with Crippen LogP contribution < -0.4 is 5.32 Å². The van der Waals surface area contributed by atoms with Gasteiger partial charge in [0.15, 0.2) is 0 Å². The Balaban J connectivity index is 1.32. The fraction of sp³-hybridized carbons (Fsp3) is 0.250. The fourth-order valence-corrected chi connectivity index (χ4v) is 4.16. The largest absolute Gasteiger partial charge is 0.507 e. The van der Waals surface area contributed by atoms with Crippen LogP contribution in [0.4, 0.5) is 4.39 Å². The van der Waals surface area contributed by atoms with Gasteiger partial charge in [-0.1, -0.05) is 19.1 Å². The van der Waals surface area contributed by atoms with Crippen molar-refractivity contribution in [2.45, 2.75) is 32.2 Å². The van der Waals surface area contributed by atoms with Crippen LogP contribution in [0.15, 0.2) is 73.1 Å². The number of hydrogen-bond donors (Lipinski definition) is 2. The van der Waals surface area contributed by atoms with Gasteiger partial charge in [-0.3, -0.25) is 14.5 Å². The molecule has 0 spiro atoms. The zero-order valence-electron chi connectivity index (χ0n) is 19.5. The molecule has 35 heavy (non-hydrogen) atoms. The Morgan fingerprint density at radius 2 is 1.91 bits per heavy atom. The lowest BCUT2D eigenvalue weighted by Crippen LogP contribution is -2.29. The number of amides is 1. The van der Waals surface area contributed by atoms with Gasteiger partial charge in [-0.15, -0.1) is 0 Å². The molecule has 7 heteroatoms. The summed E-state index contributed by atoms with van der Waals surface area (Å²) < 4.78 is 15.5. The molecule has 1 saturated carbocycles. The van der Waals surface area contributed by atoms with E-state index in [0.29, 0.717) is 19.0 Å². The van der Waals surface area contributed by atoms with Crippen LogP contribution in [-0.4, -0.2) is 32.3 Å². The van der Waals surface area contributed by atoms with E-state index in [-0.39, 0.29) is 29.0 Å². The zero-order valence-corrected chi connectivity index (χ0v) is 19.5. The summed E-state index contributed by atoms with van der Waals surface area (Å²) in [6.07, 6.45) is 6.79. The Morgan fingerprint density at radius 3 is 2.66 bits per heavy atom. The van der Waals surface area contributed by atoms with Gasteiger partial charge in [-0.05, 0) is 79.3 Å². The molecule has 178 valence electrons. The van der Waals surface area contributed by atoms with E-state index in [4.69, 9.17) is 5.10 Å². The third kappa shape index (κ3) is 5.24. The smallest absolute Gasteiger partial charge is 0.255 e. The molecule has 4 aromatic rings. The standard InChI is InChI=1S/C28H27FN4O2/c1-18(16-31-28(35)24-4-2-3-5-26(24)34)14-22-15-20(12-13-30-22)25-17-33(23-10-11-23)32-27(25)19-6-8-21(29)9-7-19/h2-9,12-13,15,17-18,23,34H,10-11,14,16H2,1H3,(H,31,35). The Hall–Kier alpha value is -4.00. The van der Waals surface area contributed by atoms with Crippen molar-refractivity contribution in [3.05, 3.63) is 90.1 Å². The van der Waals surface area contributed by atoms with Crippen molar-refractivity contribution < 1.29 is 14.3 Å². The molecule has 2 N–H and O–H groups in total. The minimum Gasteiger partial charge on any atom is -0.507 e. The third-order valence-electron chi connectivity index (χ3n) is 6.22. The molecule has 1 aliphatic rings. The number of aromatic hydroxyl groups is 1. The predicted octanol–water partition coefficient (Wildman–Crippen LogP) is 5.40. The summed E-state index contributed by atoms with van der Waals surface area (Å²) in [5, 5.41) is 17.6. The van der Waals surface area contributed by atoms with Gasteiger partial charge < -0.3 is 10.4 Å². The first-order valence-corrected chi connectivity index (χ1v) is 11.8. The fourth-order valence-electron chi connectivity index (χ4n) is 4.16. The number of carbonyl (C=O) groups excluding carboxylic acids is 1. The Bertz CT molecular complexity index is 1350. The van der Waals surface area contributed by atoms with Gasteiger partial charge in [0.25, 0.3) is 5.91 Å². The molecule has 2 aromatic heterocycles. The lowest BCUT2D eigenvalue weighted by Gasteiger charge is -2.13. The average molecular weight is 471 g/mol. The number of nitrogens with zero attached hydrogens (tertiary/aromatic N) is 3. The van der Waals surface area contributed by atoms with Gasteiger partial charge in [0.1, 0.15) is 17.3 Å². The van der Waals surface area contributed by atoms with Gasteiger partial charge in [0, 0.05) is 35.8 Å². The Morgan fingerprint density at radius 1 is 1.14 bits per heavy atom. The second-order valence-corrected chi connectivity index (χ2v) is 9.18. The second kappa shape index (κ2) is 9.70. The monoisotopic (exact) mass is 470 g/mol. The second-order valence-electron chi connectivity index (χ2n) is 9.18. The van der Waals surface area contributed by atoms with Crippen LogP contribution in [-0.2, 0) is 6.42 Å². The van der Waals surface area contributed by atoms with Crippen molar-refractivity contribution in [2.24, 2.45) is 5.92 Å². The average Bonchev–Trinajstić information content (AvgIpc) is 3.62. The normalized spacial score (nSPS) is 14.0. The number of nitrogens with one attached hydrogen (secondary N) is 1. The molecule has 2 heterocycles. The first-order valence-electron chi connectivity index (χ1n) is 11.8. The Labute approximate surface area is 203 Å². The van der Waals surface area contributed by atoms with Crippen molar-refractivity contribution >= 4 is 5.91 Å². The third-order valence-corrected chi connectivity index (χ3v) is 6.22. The van der Waals surface area contributed by atoms with Crippen LogP contribution >= 0.6 is 0 Å². The molecule has 1 amide bonds. The summed E-state index contributed by atoms with van der Waals surface area (Å²) in [5.41, 5.74) is 4.88. The molecule has 1 unspecified atom stereocenters. The van der Waals surface area contributed by atoms with E-state index in [9.17, 15) is 14.3 Å². The molecule has 0 saturated heterocycles. The first kappa shape index (κ1) is 22.8. The zero-order chi connectivity index (χ0) is 24.4. The molecular weight excluding hydrogens is 443 g/mol. The van der Waals surface area contributed by atoms with Crippen LogP contribution in [0.1, 0.15) is 41.9 Å². The van der Waals surface area contributed by atoms with Crippen LogP contribution in [0, 0.1) is 11.7 Å². The van der Waals surface area contributed by atoms with E-state index in [2.05, 4.69) is 29.5 Å². The highest BCUT2D eigenvalue weighted by Gasteiger charge is 2.26. The summed E-state index contributed by atoms with van der Waals surface area (Å²) in [6, 6.07) is 17.4. The number of rotatable bonds is 8. The number of halogens is 1. The molecule has 1 atom stereocenters. The van der Waals surface area contributed by atoms with Crippen LogP contribution in [0.2, 0.25) is 0 Å². The van der Waals surface area contributed by atoms with E-state index in [1.807, 2.05) is 10.7 Å². The van der Waals surface area contributed by atoms with Crippen LogP contribution in [0.3, 0.4) is 0 Å². The summed E-state index contributed by atoms with van der Waals surface area (Å²) in [5.74, 6) is -0.464. The predicted molar refractivity (Wildman–Crippen MR) is 132 cm³/mol. The molecule has 0 radical (unpaired) electrons. The van der Waals surface area contributed by atoms with Gasteiger partial charge in [0.2, 0.25) is 0 Å². The maximum atomic E-state index is 13.5. The molecule has 5 rings (SSSR count). The highest BCUT2D eigenvalue weighted by Crippen LogP contribution is 2.39. The Kier molecular flexibility index (Phi) is 6.31. The van der Waals surface area contributed by atoms with Gasteiger partial charge in [0.05, 0.1) is 11.6 Å².